The predicted molar refractivity (Wildman–Crippen MR) is 228 cm³/mol. The van der Waals surface area contributed by atoms with Crippen molar-refractivity contribution in [2.24, 2.45) is 27.9 Å². The highest BCUT2D eigenvalue weighted by atomic mass is 127. The van der Waals surface area contributed by atoms with E-state index in [1.807, 2.05) is 10.6 Å². The van der Waals surface area contributed by atoms with Gasteiger partial charge >= 0.3 is 6.09 Å². The molecule has 0 fully saturated rings. The van der Waals surface area contributed by atoms with Crippen LogP contribution in [-0.4, -0.2) is 190 Å². The number of nitrogens with one attached hydrogen (secondary N) is 10. The van der Waals surface area contributed by atoms with Gasteiger partial charge in [0.1, 0.15) is 35.9 Å². The molecule has 10 atom stereocenters. The Bertz CT molecular complexity index is 1790. The summed E-state index contributed by atoms with van der Waals surface area (Å²) in [5.74, 6) is -13.5. The van der Waals surface area contributed by atoms with Crippen LogP contribution in [0.3, 0.4) is 0 Å². The number of hydrogen-bond acceptors (Lipinski definition) is 21. The van der Waals surface area contributed by atoms with Gasteiger partial charge in [-0.3, -0.25) is 47.9 Å². The molecule has 11 amide bonds. The Kier molecular flexibility index (Phi) is 26.2. The van der Waals surface area contributed by atoms with E-state index in [4.69, 9.17) is 22.9 Å². The lowest BCUT2D eigenvalue weighted by Gasteiger charge is -2.26. The molecular weight excluding hydrogens is 1010 g/mol. The molecule has 1 heterocycles. The first-order valence-electron chi connectivity index (χ1n) is 19.7. The minimum Gasteiger partial charge on any atom is -0.391 e. The summed E-state index contributed by atoms with van der Waals surface area (Å²) < 4.78 is 4.42. The number of carbonyl (C=O) groups is 11. The molecule has 372 valence electrons. The monoisotopic (exact) mass is 1060 g/mol. The number of aliphatic imine (C=N–C) groups is 1. The largest absolute Gasteiger partial charge is 0.417 e. The van der Waals surface area contributed by atoms with Crippen molar-refractivity contribution in [3.8, 4) is 0 Å². The molecule has 0 aliphatic carbocycles. The van der Waals surface area contributed by atoms with Gasteiger partial charge in [0, 0.05) is 13.0 Å². The van der Waals surface area contributed by atoms with Gasteiger partial charge < -0.3 is 105 Å². The van der Waals surface area contributed by atoms with Crippen LogP contribution in [0.5, 0.6) is 0 Å². The highest BCUT2D eigenvalue weighted by Crippen LogP contribution is 2.04. The summed E-state index contributed by atoms with van der Waals surface area (Å²) in [5, 5.41) is 72.0. The maximum absolute atomic E-state index is 13.6. The quantitative estimate of drug-likeness (QED) is 0.0504. The van der Waals surface area contributed by atoms with Gasteiger partial charge in [-0.15, -0.1) is 0 Å². The van der Waals surface area contributed by atoms with E-state index in [0.29, 0.717) is 0 Å². The summed E-state index contributed by atoms with van der Waals surface area (Å²) in [6, 6.07) is -8.46. The second-order valence-electron chi connectivity index (χ2n) is 13.8. The zero-order valence-electron chi connectivity index (χ0n) is 35.1. The molecule has 0 saturated heterocycles. The van der Waals surface area contributed by atoms with Crippen molar-refractivity contribution in [3.63, 3.8) is 0 Å². The number of rotatable bonds is 16. The summed E-state index contributed by atoms with van der Waals surface area (Å²) in [7, 11) is 0. The average molecular weight is 1060 g/mol. The van der Waals surface area contributed by atoms with Gasteiger partial charge in [-0.2, -0.15) is 0 Å². The van der Waals surface area contributed by atoms with Crippen LogP contribution in [0.1, 0.15) is 39.0 Å². The third-order valence-electron chi connectivity index (χ3n) is 8.71. The fraction of sp³-hybridized carbons (Fsp3) is 0.636. The fourth-order valence-corrected chi connectivity index (χ4v) is 5.45. The predicted octanol–water partition coefficient (Wildman–Crippen LogP) is -11.6. The molecule has 0 aromatic heterocycles. The molecule has 33 heteroatoms. The zero-order valence-corrected chi connectivity index (χ0v) is 37.3. The van der Waals surface area contributed by atoms with Gasteiger partial charge in [0.2, 0.25) is 54.4 Å². The fourth-order valence-electron chi connectivity index (χ4n) is 5.32. The second kappa shape index (κ2) is 29.7. The van der Waals surface area contributed by atoms with Crippen LogP contribution in [0.2, 0.25) is 0 Å². The van der Waals surface area contributed by atoms with E-state index < -0.39 is 158 Å². The molecule has 0 spiro atoms. The van der Waals surface area contributed by atoms with Gasteiger partial charge in [0.05, 0.1) is 6.10 Å². The molecule has 0 aromatic rings. The second-order valence-corrected chi connectivity index (χ2v) is 14.3. The van der Waals surface area contributed by atoms with Crippen LogP contribution in [0.15, 0.2) is 4.99 Å². The van der Waals surface area contributed by atoms with E-state index in [9.17, 15) is 78.3 Å². The van der Waals surface area contributed by atoms with Gasteiger partial charge in [-0.1, -0.05) is 0 Å². The number of carbonyl (C=O) groups excluding carboxylic acids is 11. The topological polar surface area (TPSA) is 535 Å². The smallest absolute Gasteiger partial charge is 0.391 e. The van der Waals surface area contributed by atoms with Crippen molar-refractivity contribution >= 4 is 93.9 Å². The summed E-state index contributed by atoms with van der Waals surface area (Å²) in [6.45, 7) is -0.625. The van der Waals surface area contributed by atoms with Crippen LogP contribution in [0, 0.1) is 0 Å². The highest BCUT2D eigenvalue weighted by molar-refractivity contribution is 14.1. The van der Waals surface area contributed by atoms with E-state index in [1.165, 1.54) is 23.0 Å². The van der Waals surface area contributed by atoms with E-state index >= 15 is 0 Å². The lowest BCUT2D eigenvalue weighted by molar-refractivity contribution is -0.143. The number of amides is 11. The Hall–Kier alpha value is -5.79. The summed E-state index contributed by atoms with van der Waals surface area (Å²) >= 11 is 1.23. The maximum atomic E-state index is 13.6. The van der Waals surface area contributed by atoms with E-state index in [2.05, 4.69) is 34.6 Å². The first-order valence-corrected chi connectivity index (χ1v) is 20.6. The molecule has 0 aromatic carbocycles. The van der Waals surface area contributed by atoms with E-state index in [-0.39, 0.29) is 39.0 Å². The van der Waals surface area contributed by atoms with Gasteiger partial charge in [-0.25, -0.2) is 9.79 Å². The lowest BCUT2D eigenvalue weighted by Crippen LogP contribution is -2.61. The van der Waals surface area contributed by atoms with Gasteiger partial charge in [0.15, 0.2) is 23.0 Å². The van der Waals surface area contributed by atoms with Crippen LogP contribution in [0.25, 0.3) is 0 Å². The van der Waals surface area contributed by atoms with Crippen molar-refractivity contribution in [2.45, 2.75) is 100 Å². The minimum absolute atomic E-state index is 0.131. The molecule has 1 unspecified atom stereocenters. The molecule has 0 radical (unpaired) electrons. The average Bonchev–Trinajstić information content (AvgIpc) is 3.25. The van der Waals surface area contributed by atoms with Crippen molar-refractivity contribution in [3.05, 3.63) is 0 Å². The normalized spacial score (nSPS) is 23.9. The van der Waals surface area contributed by atoms with E-state index in [1.54, 1.807) is 16.0 Å². The number of halogens is 1. The summed E-state index contributed by atoms with van der Waals surface area (Å²) in [4.78, 5) is 145. The molecule has 1 rings (SSSR count). The zero-order chi connectivity index (χ0) is 50.3. The number of nitrogens with two attached hydrogens (primary N) is 4. The SMILES string of the molecule is C[C@@H](O)[C@H](NC(=O)[C@H](CCN)NC(=O)OI)C(=O)NC(O)C(=O)N[C@H]1CCNC(=O)[C@H](O)NC(=O)[C@H](CCN)NC(=O)C(CCN)=NC(=O)[C@H](O)NC(=O)[C@@H](O)NC(=O)[C@H](CCN)NC1=O. The van der Waals surface area contributed by atoms with Crippen LogP contribution in [-0.2, 0) is 51.0 Å². The number of aliphatic hydroxyl groups excluding tert-OH is 5. The van der Waals surface area contributed by atoms with Crippen molar-refractivity contribution in [1.82, 2.24) is 53.2 Å². The molecule has 32 nitrogen and oxygen atoms in total. The number of aliphatic hydroxyl groups is 5. The molecule has 1 aliphatic rings. The molecular formula is C33H56IN15O17. The van der Waals surface area contributed by atoms with Gasteiger partial charge in [-0.05, 0) is 58.8 Å². The third kappa shape index (κ3) is 19.8. The number of hydrogen-bond donors (Lipinski definition) is 19. The van der Waals surface area contributed by atoms with Crippen LogP contribution in [0.4, 0.5) is 4.79 Å². The Morgan fingerprint density at radius 1 is 0.712 bits per heavy atom. The molecule has 0 saturated carbocycles. The maximum Gasteiger partial charge on any atom is 0.417 e. The summed E-state index contributed by atoms with van der Waals surface area (Å²) in [5.41, 5.74) is 21.4. The first kappa shape index (κ1) is 58.2. The third-order valence-corrected chi connectivity index (χ3v) is 9.11. The van der Waals surface area contributed by atoms with Gasteiger partial charge in [0.25, 0.3) is 29.5 Å². The van der Waals surface area contributed by atoms with E-state index in [0.717, 1.165) is 6.92 Å². The molecule has 66 heavy (non-hydrogen) atoms. The first-order chi connectivity index (χ1) is 31.0. The Balaban J connectivity index is 3.51. The summed E-state index contributed by atoms with van der Waals surface area (Å²) in [6.07, 6.45) is -14.7. The standard InChI is InChI=1S/C33H56IN15O17/c1-12(50)18(45-21(53)16(5-10-38)44-33(65)66-34)24(56)48-29(61)27(59)43-17-6-11-39-25(57)26(58)46-22(54)14(3-8-36)40-19(51)13(2-7-35)42-28(60)30(62)49-32(64)31(63)47-23(55)15(4-9-37)41-20(17)52/h12,14-18,26,29-31,50,58,61-63H,2-11,35-38H2,1H3,(H,39,57)(H,40,51)(H,41,52)(H,43,59)(H,44,65)(H,45,53)(H,46,54)(H,47,55)(H,48,56)(H,49,64)/t12-,14+,15+,16+,17+,18+,26+,29?,30+,31-/m1/s1. The van der Waals surface area contributed by atoms with Crippen LogP contribution >= 0.6 is 23.0 Å². The lowest BCUT2D eigenvalue weighted by atomic mass is 10.1. The van der Waals surface area contributed by atoms with Crippen molar-refractivity contribution < 1.29 is 81.3 Å². The van der Waals surface area contributed by atoms with Crippen molar-refractivity contribution in [2.75, 3.05) is 32.7 Å². The molecule has 0 bridgehead atoms. The number of nitrogens with zero attached hydrogens (tertiary/aromatic N) is 1. The molecule has 1 aliphatic heterocycles. The van der Waals surface area contributed by atoms with Crippen LogP contribution < -0.4 is 76.1 Å². The van der Waals surface area contributed by atoms with Crippen molar-refractivity contribution in [1.29, 1.82) is 0 Å². The minimum atomic E-state index is -2.56. The Labute approximate surface area is 388 Å². The Morgan fingerprint density at radius 3 is 1.80 bits per heavy atom. The highest BCUT2D eigenvalue weighted by Gasteiger charge is 2.35. The Morgan fingerprint density at radius 2 is 1.27 bits per heavy atom. The molecule has 23 N–H and O–H groups in total.